The third-order valence-corrected chi connectivity index (χ3v) is 4.34. The van der Waals surface area contributed by atoms with Gasteiger partial charge in [0.2, 0.25) is 5.65 Å². The van der Waals surface area contributed by atoms with Gasteiger partial charge >= 0.3 is 0 Å². The standard InChI is InChI=1S/C14H14N4OS/c1-10-2-4-12(5-3-10)20(19)18-7-6-13-14(18)16-9-11(8-15)17-13/h2-7,9H,8,15H2,1H3. The van der Waals surface area contributed by atoms with Crippen molar-refractivity contribution in [2.45, 2.75) is 18.4 Å². The first-order chi connectivity index (χ1) is 9.69. The number of hydrogen-bond donors (Lipinski definition) is 1. The van der Waals surface area contributed by atoms with Gasteiger partial charge in [0.15, 0.2) is 4.90 Å². The Bertz CT molecular complexity index is 739. The average molecular weight is 286 g/mol. The second-order valence-electron chi connectivity index (χ2n) is 4.48. The number of nitrogens with two attached hydrogens (primary N) is 1. The molecule has 3 aromatic rings. The molecule has 0 spiro atoms. The van der Waals surface area contributed by atoms with Gasteiger partial charge in [-0.1, -0.05) is 17.7 Å². The number of nitrogens with zero attached hydrogens (tertiary/aromatic N) is 3. The molecule has 0 radical (unpaired) electrons. The van der Waals surface area contributed by atoms with Crippen LogP contribution in [-0.4, -0.2) is 18.5 Å². The predicted molar refractivity (Wildman–Crippen MR) is 78.4 cm³/mol. The lowest BCUT2D eigenvalue weighted by molar-refractivity contribution is 0.587. The molecule has 0 amide bonds. The van der Waals surface area contributed by atoms with Gasteiger partial charge in [-0.05, 0) is 25.1 Å². The number of fused-ring (bicyclic) bond motifs is 1. The van der Waals surface area contributed by atoms with E-state index in [1.165, 1.54) is 0 Å². The van der Waals surface area contributed by atoms with Crippen molar-refractivity contribution < 1.29 is 4.55 Å². The SMILES string of the molecule is Cc1ccc([S+]([O-])n2ccc3nc(CN)cnc32)cc1. The summed E-state index contributed by atoms with van der Waals surface area (Å²) in [6.45, 7) is 2.34. The zero-order valence-corrected chi connectivity index (χ0v) is 11.8. The zero-order chi connectivity index (χ0) is 14.1. The highest BCUT2D eigenvalue weighted by Gasteiger charge is 2.18. The number of benzene rings is 1. The lowest BCUT2D eigenvalue weighted by Gasteiger charge is -2.10. The highest BCUT2D eigenvalue weighted by Crippen LogP contribution is 2.20. The lowest BCUT2D eigenvalue weighted by Crippen LogP contribution is -2.13. The summed E-state index contributed by atoms with van der Waals surface area (Å²) in [4.78, 5) is 9.40. The highest BCUT2D eigenvalue weighted by atomic mass is 32.2. The van der Waals surface area contributed by atoms with E-state index in [9.17, 15) is 4.55 Å². The molecule has 20 heavy (non-hydrogen) atoms. The first-order valence-electron chi connectivity index (χ1n) is 6.21. The summed E-state index contributed by atoms with van der Waals surface area (Å²) in [6, 6.07) is 9.40. The van der Waals surface area contributed by atoms with Crippen molar-refractivity contribution in [3.05, 3.63) is 54.0 Å². The van der Waals surface area contributed by atoms with E-state index in [1.54, 1.807) is 22.4 Å². The number of rotatable bonds is 3. The van der Waals surface area contributed by atoms with E-state index in [0.29, 0.717) is 17.7 Å². The Balaban J connectivity index is 2.03. The van der Waals surface area contributed by atoms with Gasteiger partial charge in [0.25, 0.3) is 0 Å². The molecule has 0 aliphatic rings. The quantitative estimate of drug-likeness (QED) is 0.744. The third-order valence-electron chi connectivity index (χ3n) is 3.02. The maximum absolute atomic E-state index is 12.6. The maximum Gasteiger partial charge on any atom is 0.205 e. The van der Waals surface area contributed by atoms with E-state index in [4.69, 9.17) is 5.73 Å². The van der Waals surface area contributed by atoms with Crippen LogP contribution in [-0.2, 0) is 17.9 Å². The molecular formula is C14H14N4OS. The van der Waals surface area contributed by atoms with Crippen LogP contribution in [0.25, 0.3) is 11.2 Å². The van der Waals surface area contributed by atoms with E-state index < -0.39 is 11.4 Å². The van der Waals surface area contributed by atoms with Crippen LogP contribution in [0, 0.1) is 6.92 Å². The molecular weight excluding hydrogens is 272 g/mol. The summed E-state index contributed by atoms with van der Waals surface area (Å²) < 4.78 is 14.2. The van der Waals surface area contributed by atoms with Crippen molar-refractivity contribution in [2.24, 2.45) is 5.73 Å². The Morgan fingerprint density at radius 3 is 2.70 bits per heavy atom. The number of aromatic nitrogens is 3. The van der Waals surface area contributed by atoms with E-state index in [1.807, 2.05) is 31.2 Å². The minimum atomic E-state index is -1.32. The summed E-state index contributed by atoms with van der Waals surface area (Å²) >= 11 is -1.32. The van der Waals surface area contributed by atoms with Gasteiger partial charge in [0, 0.05) is 6.54 Å². The number of hydrogen-bond acceptors (Lipinski definition) is 4. The second kappa shape index (κ2) is 5.24. The maximum atomic E-state index is 12.6. The Labute approximate surface area is 119 Å². The van der Waals surface area contributed by atoms with Crippen LogP contribution >= 0.6 is 0 Å². The second-order valence-corrected chi connectivity index (χ2v) is 5.84. The molecule has 2 N–H and O–H groups in total. The van der Waals surface area contributed by atoms with E-state index in [0.717, 1.165) is 16.2 Å². The Morgan fingerprint density at radius 2 is 2.00 bits per heavy atom. The summed E-state index contributed by atoms with van der Waals surface area (Å²) in [5.41, 5.74) is 8.70. The molecule has 2 aromatic heterocycles. The molecule has 0 fully saturated rings. The van der Waals surface area contributed by atoms with Gasteiger partial charge in [-0.2, -0.15) is 0 Å². The van der Waals surface area contributed by atoms with Crippen molar-refractivity contribution in [1.29, 1.82) is 0 Å². The van der Waals surface area contributed by atoms with Gasteiger partial charge in [0.05, 0.1) is 18.1 Å². The molecule has 0 saturated carbocycles. The summed E-state index contributed by atoms with van der Waals surface area (Å²) in [6.07, 6.45) is 3.35. The van der Waals surface area contributed by atoms with Crippen molar-refractivity contribution >= 4 is 22.5 Å². The predicted octanol–water partition coefficient (Wildman–Crippen LogP) is 1.77. The number of aryl methyl sites for hydroxylation is 1. The monoisotopic (exact) mass is 286 g/mol. The summed E-state index contributed by atoms with van der Waals surface area (Å²) in [5.74, 6) is 0. The molecule has 1 unspecified atom stereocenters. The topological polar surface area (TPSA) is 79.8 Å². The van der Waals surface area contributed by atoms with Crippen LogP contribution in [0.1, 0.15) is 11.3 Å². The van der Waals surface area contributed by atoms with Crippen molar-refractivity contribution in [2.75, 3.05) is 0 Å². The fraction of sp³-hybridized carbons (Fsp3) is 0.143. The summed E-state index contributed by atoms with van der Waals surface area (Å²) in [5, 5.41) is 0. The molecule has 6 heteroatoms. The van der Waals surface area contributed by atoms with Gasteiger partial charge in [0.1, 0.15) is 16.9 Å². The smallest absolute Gasteiger partial charge is 0.205 e. The molecule has 102 valence electrons. The fourth-order valence-electron chi connectivity index (χ4n) is 1.93. The normalized spacial score (nSPS) is 12.8. The minimum absolute atomic E-state index is 0.342. The van der Waals surface area contributed by atoms with E-state index in [-0.39, 0.29) is 0 Å². The molecule has 0 aliphatic carbocycles. The van der Waals surface area contributed by atoms with Crippen molar-refractivity contribution in [3.63, 3.8) is 0 Å². The molecule has 5 nitrogen and oxygen atoms in total. The van der Waals surface area contributed by atoms with Crippen LogP contribution in [0.15, 0.2) is 47.6 Å². The first kappa shape index (κ1) is 13.1. The largest absolute Gasteiger partial charge is 0.587 e. The Hall–Kier alpha value is -1.89. The van der Waals surface area contributed by atoms with Crippen LogP contribution in [0.4, 0.5) is 0 Å². The molecule has 0 bridgehead atoms. The lowest BCUT2D eigenvalue weighted by atomic mass is 10.2. The van der Waals surface area contributed by atoms with Crippen LogP contribution < -0.4 is 5.73 Å². The fourth-order valence-corrected chi connectivity index (χ4v) is 2.99. The van der Waals surface area contributed by atoms with Gasteiger partial charge in [-0.25, -0.2) is 9.97 Å². The average Bonchev–Trinajstić information content (AvgIpc) is 2.90. The van der Waals surface area contributed by atoms with Gasteiger partial charge in [-0.15, -0.1) is 3.97 Å². The van der Waals surface area contributed by atoms with E-state index >= 15 is 0 Å². The Kier molecular flexibility index (Phi) is 3.43. The molecule has 1 aromatic carbocycles. The zero-order valence-electron chi connectivity index (χ0n) is 11.0. The van der Waals surface area contributed by atoms with Crippen LogP contribution in [0.2, 0.25) is 0 Å². The molecule has 3 rings (SSSR count). The van der Waals surface area contributed by atoms with E-state index in [2.05, 4.69) is 9.97 Å². The molecule has 2 heterocycles. The Morgan fingerprint density at radius 1 is 1.25 bits per heavy atom. The van der Waals surface area contributed by atoms with Crippen molar-refractivity contribution in [3.8, 4) is 0 Å². The van der Waals surface area contributed by atoms with Gasteiger partial charge < -0.3 is 10.3 Å². The van der Waals surface area contributed by atoms with Gasteiger partial charge in [-0.3, -0.25) is 0 Å². The third kappa shape index (κ3) is 2.29. The highest BCUT2D eigenvalue weighted by molar-refractivity contribution is 7.90. The molecule has 0 saturated heterocycles. The minimum Gasteiger partial charge on any atom is -0.587 e. The van der Waals surface area contributed by atoms with Crippen molar-refractivity contribution in [1.82, 2.24) is 13.9 Å². The first-order valence-corrected chi connectivity index (χ1v) is 7.31. The molecule has 0 aliphatic heterocycles. The molecule has 1 atom stereocenters. The van der Waals surface area contributed by atoms with Crippen LogP contribution in [0.5, 0.6) is 0 Å². The summed E-state index contributed by atoms with van der Waals surface area (Å²) in [7, 11) is 0. The van der Waals surface area contributed by atoms with Crippen LogP contribution in [0.3, 0.4) is 0 Å².